The maximum atomic E-state index is 11.0. The molecule has 0 aliphatic heterocycles. The van der Waals surface area contributed by atoms with Crippen LogP contribution in [0.4, 0.5) is 0 Å². The molecule has 0 aromatic carbocycles. The van der Waals surface area contributed by atoms with Gasteiger partial charge in [0.1, 0.15) is 5.54 Å². The molecule has 0 aliphatic carbocycles. The Kier molecular flexibility index (Phi) is 5.65. The number of nitrogens with two attached hydrogens (primary N) is 2. The number of hydrogen-bond acceptors (Lipinski definition) is 4. The summed E-state index contributed by atoms with van der Waals surface area (Å²) in [5.41, 5.74) is 6.62. The van der Waals surface area contributed by atoms with E-state index in [9.17, 15) is 4.79 Å². The fourth-order valence-corrected chi connectivity index (χ4v) is 0.728. The zero-order valence-corrected chi connectivity index (χ0v) is 9.33. The van der Waals surface area contributed by atoms with Gasteiger partial charge in [-0.15, -0.1) is 0 Å². The summed E-state index contributed by atoms with van der Waals surface area (Å²) < 4.78 is 4.82. The van der Waals surface area contributed by atoms with Crippen LogP contribution in [0.3, 0.4) is 0 Å². The summed E-state index contributed by atoms with van der Waals surface area (Å²) >= 11 is 0. The molecule has 7 nitrogen and oxygen atoms in total. The van der Waals surface area contributed by atoms with E-state index < -0.39 is 11.4 Å². The minimum Gasteiger partial charge on any atom is -0.383 e. The van der Waals surface area contributed by atoms with Crippen LogP contribution in [0.1, 0.15) is 13.8 Å². The number of ether oxygens (including phenoxy) is 1. The highest BCUT2D eigenvalue weighted by Gasteiger charge is 2.25. The number of methoxy groups -OCH3 is 1. The molecule has 0 bridgehead atoms. The number of nitrogens with one attached hydrogen (secondary N) is 2. The molecule has 0 spiro atoms. The van der Waals surface area contributed by atoms with E-state index in [4.69, 9.17) is 16.3 Å². The van der Waals surface area contributed by atoms with Gasteiger partial charge in [0.15, 0.2) is 0 Å². The van der Waals surface area contributed by atoms with Crippen molar-refractivity contribution in [3.8, 4) is 0 Å². The summed E-state index contributed by atoms with van der Waals surface area (Å²) in [5.74, 6) is 5.04. The number of nitrogens with zero attached hydrogens (tertiary/aromatic N) is 1. The van der Waals surface area contributed by atoms with Crippen molar-refractivity contribution in [3.63, 3.8) is 0 Å². The molecule has 0 aromatic rings. The molecule has 0 rings (SSSR count). The lowest BCUT2D eigenvalue weighted by Crippen LogP contribution is -2.57. The van der Waals surface area contributed by atoms with Crippen LogP contribution in [0.15, 0.2) is 4.99 Å². The van der Waals surface area contributed by atoms with Crippen LogP contribution < -0.4 is 22.3 Å². The lowest BCUT2D eigenvalue weighted by molar-refractivity contribution is -0.122. The third-order valence-electron chi connectivity index (χ3n) is 1.75. The number of primary amides is 1. The number of hydrogen-bond donors (Lipinski definition) is 4. The first-order chi connectivity index (χ1) is 6.94. The van der Waals surface area contributed by atoms with Crippen molar-refractivity contribution in [1.29, 1.82) is 0 Å². The van der Waals surface area contributed by atoms with Gasteiger partial charge in [0.25, 0.3) is 0 Å². The molecule has 7 heteroatoms. The number of aliphatic imine (C=N–C) groups is 1. The van der Waals surface area contributed by atoms with Crippen molar-refractivity contribution in [2.75, 3.05) is 20.3 Å². The molecule has 0 fully saturated rings. The highest BCUT2D eigenvalue weighted by molar-refractivity contribution is 5.90. The van der Waals surface area contributed by atoms with E-state index in [1.807, 2.05) is 0 Å². The minimum atomic E-state index is -0.904. The molecule has 0 radical (unpaired) electrons. The van der Waals surface area contributed by atoms with Crippen molar-refractivity contribution in [2.24, 2.45) is 16.6 Å². The van der Waals surface area contributed by atoms with E-state index in [0.717, 1.165) is 0 Å². The van der Waals surface area contributed by atoms with Crippen LogP contribution in [0.2, 0.25) is 0 Å². The number of rotatable bonds is 5. The van der Waals surface area contributed by atoms with Crippen molar-refractivity contribution in [2.45, 2.75) is 19.4 Å². The van der Waals surface area contributed by atoms with Crippen molar-refractivity contribution < 1.29 is 9.53 Å². The molecule has 0 unspecified atom stereocenters. The Morgan fingerprint density at radius 2 is 2.13 bits per heavy atom. The van der Waals surface area contributed by atoms with Gasteiger partial charge in [-0.25, -0.2) is 10.8 Å². The molecular formula is C8H19N5O2. The fraction of sp³-hybridized carbons (Fsp3) is 0.750. The van der Waals surface area contributed by atoms with Crippen LogP contribution in [0, 0.1) is 0 Å². The van der Waals surface area contributed by atoms with Gasteiger partial charge < -0.3 is 15.8 Å². The second kappa shape index (κ2) is 6.20. The largest absolute Gasteiger partial charge is 0.383 e. The lowest BCUT2D eigenvalue weighted by Gasteiger charge is -2.24. The second-order valence-electron chi connectivity index (χ2n) is 3.48. The molecule has 0 saturated heterocycles. The SMILES string of the molecule is COCCN=C(NN)NC(C)(C)C(N)=O. The molecule has 0 aliphatic rings. The summed E-state index contributed by atoms with van der Waals surface area (Å²) in [5, 5.41) is 2.79. The molecule has 6 N–H and O–H groups in total. The Labute approximate surface area is 89.2 Å². The zero-order valence-electron chi connectivity index (χ0n) is 9.33. The highest BCUT2D eigenvalue weighted by Crippen LogP contribution is 1.99. The number of guanidine groups is 1. The Bertz CT molecular complexity index is 239. The van der Waals surface area contributed by atoms with Gasteiger partial charge in [-0.2, -0.15) is 0 Å². The number of carbonyl (C=O) groups excluding carboxylic acids is 1. The monoisotopic (exact) mass is 217 g/mol. The van der Waals surface area contributed by atoms with Crippen molar-refractivity contribution >= 4 is 11.9 Å². The maximum absolute atomic E-state index is 11.0. The standard InChI is InChI=1S/C8H19N5O2/c1-8(2,6(9)14)12-7(13-10)11-4-5-15-3/h4-5,10H2,1-3H3,(H2,9,14)(H2,11,12,13). The zero-order chi connectivity index (χ0) is 11.9. The molecular weight excluding hydrogens is 198 g/mol. The van der Waals surface area contributed by atoms with E-state index in [2.05, 4.69) is 15.7 Å². The Morgan fingerprint density at radius 3 is 2.53 bits per heavy atom. The van der Waals surface area contributed by atoms with Gasteiger partial charge in [-0.3, -0.25) is 10.2 Å². The second-order valence-corrected chi connectivity index (χ2v) is 3.48. The third-order valence-corrected chi connectivity index (χ3v) is 1.75. The number of carbonyl (C=O) groups is 1. The number of amides is 1. The van der Waals surface area contributed by atoms with Gasteiger partial charge in [-0.05, 0) is 13.8 Å². The van der Waals surface area contributed by atoms with Crippen LogP contribution in [-0.4, -0.2) is 37.7 Å². The molecule has 1 amide bonds. The quantitative estimate of drug-likeness (QED) is 0.144. The summed E-state index contributed by atoms with van der Waals surface area (Å²) in [6, 6.07) is 0. The van der Waals surface area contributed by atoms with Gasteiger partial charge >= 0.3 is 0 Å². The van der Waals surface area contributed by atoms with E-state index in [-0.39, 0.29) is 0 Å². The minimum absolute atomic E-state index is 0.302. The Balaban J connectivity index is 4.32. The van der Waals surface area contributed by atoms with Gasteiger partial charge in [0.05, 0.1) is 13.2 Å². The van der Waals surface area contributed by atoms with Gasteiger partial charge in [0, 0.05) is 7.11 Å². The molecule has 88 valence electrons. The first-order valence-corrected chi connectivity index (χ1v) is 4.52. The first kappa shape index (κ1) is 13.7. The Morgan fingerprint density at radius 1 is 1.53 bits per heavy atom. The van der Waals surface area contributed by atoms with Gasteiger partial charge in [0.2, 0.25) is 11.9 Å². The maximum Gasteiger partial charge on any atom is 0.242 e. The number of hydrazine groups is 1. The molecule has 0 saturated carbocycles. The third kappa shape index (κ3) is 5.18. The summed E-state index contributed by atoms with van der Waals surface area (Å²) in [6.45, 7) is 4.19. The smallest absolute Gasteiger partial charge is 0.242 e. The topological polar surface area (TPSA) is 115 Å². The predicted molar refractivity (Wildman–Crippen MR) is 57.9 cm³/mol. The average Bonchev–Trinajstić information content (AvgIpc) is 2.16. The Hall–Kier alpha value is -1.34. The van der Waals surface area contributed by atoms with Crippen molar-refractivity contribution in [3.05, 3.63) is 0 Å². The fourth-order valence-electron chi connectivity index (χ4n) is 0.728. The average molecular weight is 217 g/mol. The lowest BCUT2D eigenvalue weighted by atomic mass is 10.1. The molecule has 0 atom stereocenters. The van der Waals surface area contributed by atoms with Gasteiger partial charge in [-0.1, -0.05) is 0 Å². The molecule has 0 heterocycles. The van der Waals surface area contributed by atoms with E-state index >= 15 is 0 Å². The summed E-state index contributed by atoms with van der Waals surface area (Å²) in [7, 11) is 1.58. The summed E-state index contributed by atoms with van der Waals surface area (Å²) in [4.78, 5) is 15.1. The van der Waals surface area contributed by atoms with E-state index in [0.29, 0.717) is 19.1 Å². The van der Waals surface area contributed by atoms with Crippen LogP contribution in [0.25, 0.3) is 0 Å². The van der Waals surface area contributed by atoms with E-state index in [1.165, 1.54) is 0 Å². The molecule has 15 heavy (non-hydrogen) atoms. The molecule has 0 aromatic heterocycles. The van der Waals surface area contributed by atoms with Crippen LogP contribution in [-0.2, 0) is 9.53 Å². The normalized spacial score (nSPS) is 12.4. The predicted octanol–water partition coefficient (Wildman–Crippen LogP) is -1.69. The first-order valence-electron chi connectivity index (χ1n) is 4.52. The highest BCUT2D eigenvalue weighted by atomic mass is 16.5. The van der Waals surface area contributed by atoms with Crippen molar-refractivity contribution in [1.82, 2.24) is 10.7 Å². The van der Waals surface area contributed by atoms with E-state index in [1.54, 1.807) is 21.0 Å². The van der Waals surface area contributed by atoms with Crippen LogP contribution >= 0.6 is 0 Å². The summed E-state index contributed by atoms with van der Waals surface area (Å²) in [6.07, 6.45) is 0. The van der Waals surface area contributed by atoms with Crippen LogP contribution in [0.5, 0.6) is 0 Å².